The molecule has 0 bridgehead atoms. The average molecular weight is 524 g/mol. The monoisotopic (exact) mass is 522 g/mol. The van der Waals surface area contributed by atoms with Crippen LogP contribution in [0.1, 0.15) is 50.4 Å². The van der Waals surface area contributed by atoms with Crippen LogP contribution in [0.3, 0.4) is 0 Å². The molecule has 8 heteroatoms. The zero-order valence-electron chi connectivity index (χ0n) is 19.0. The molecule has 0 N–H and O–H groups in total. The second-order valence-corrected chi connectivity index (χ2v) is 13.4. The molecule has 4 nitrogen and oxygen atoms in total. The van der Waals surface area contributed by atoms with Gasteiger partial charge >= 0.3 is 0 Å². The highest BCUT2D eigenvalue weighted by Crippen LogP contribution is 2.31. The number of nitrogens with zero attached hydrogens (tertiary/aromatic N) is 2. The van der Waals surface area contributed by atoms with Crippen molar-refractivity contribution in [2.75, 3.05) is 18.0 Å². The molecule has 1 aliphatic rings. The summed E-state index contributed by atoms with van der Waals surface area (Å²) in [7, 11) is -3.34. The second-order valence-electron chi connectivity index (χ2n) is 9.55. The Morgan fingerprint density at radius 3 is 2.30 bits per heavy atom. The highest BCUT2D eigenvalue weighted by atomic mass is 35.5. The van der Waals surface area contributed by atoms with E-state index in [9.17, 15) is 8.42 Å². The van der Waals surface area contributed by atoms with Crippen molar-refractivity contribution >= 4 is 49.5 Å². The number of hydrogen-bond donors (Lipinski definition) is 0. The molecule has 33 heavy (non-hydrogen) atoms. The average Bonchev–Trinajstić information content (AvgIpc) is 3.24. The van der Waals surface area contributed by atoms with Gasteiger partial charge in [-0.25, -0.2) is 13.4 Å². The van der Waals surface area contributed by atoms with E-state index in [0.29, 0.717) is 47.3 Å². The first kappa shape index (κ1) is 24.5. The normalized spacial score (nSPS) is 15.7. The third-order valence-corrected chi connectivity index (χ3v) is 10.1. The Hall–Kier alpha value is -1.60. The molecule has 0 atom stereocenters. The molecular formula is C25H28Cl2N2O2S2. The van der Waals surface area contributed by atoms with E-state index in [4.69, 9.17) is 28.2 Å². The number of benzene rings is 2. The van der Waals surface area contributed by atoms with Crippen LogP contribution >= 0.6 is 34.5 Å². The summed E-state index contributed by atoms with van der Waals surface area (Å²) in [5.74, 6) is 0. The molecule has 1 fully saturated rings. The Kier molecular flexibility index (Phi) is 7.11. The lowest BCUT2D eigenvalue weighted by molar-refractivity contribution is 0.529. The van der Waals surface area contributed by atoms with E-state index in [1.165, 1.54) is 0 Å². The fraction of sp³-hybridized carbons (Fsp3) is 0.400. The maximum absolute atomic E-state index is 13.2. The smallest absolute Gasteiger partial charge is 0.185 e. The van der Waals surface area contributed by atoms with E-state index in [1.54, 1.807) is 29.5 Å². The molecule has 0 amide bonds. The fourth-order valence-corrected chi connectivity index (χ4v) is 7.01. The van der Waals surface area contributed by atoms with Crippen molar-refractivity contribution in [3.63, 3.8) is 0 Å². The highest BCUT2D eigenvalue weighted by Gasteiger charge is 2.32. The Bertz CT molecular complexity index is 1220. The molecule has 3 aromatic rings. The zero-order chi connectivity index (χ0) is 23.8. The summed E-state index contributed by atoms with van der Waals surface area (Å²) in [6.07, 6.45) is 1.89. The molecule has 2 aromatic carbocycles. The molecule has 0 spiro atoms. The van der Waals surface area contributed by atoms with Crippen molar-refractivity contribution in [3.05, 3.63) is 74.7 Å². The van der Waals surface area contributed by atoms with Gasteiger partial charge in [-0.15, -0.1) is 11.3 Å². The van der Waals surface area contributed by atoms with Gasteiger partial charge in [-0.1, -0.05) is 62.2 Å². The number of halogens is 2. The number of thiazole rings is 1. The lowest BCUT2D eigenvalue weighted by Gasteiger charge is -2.31. The summed E-state index contributed by atoms with van der Waals surface area (Å²) < 4.78 is 26.4. The maximum Gasteiger partial charge on any atom is 0.185 e. The second kappa shape index (κ2) is 9.57. The summed E-state index contributed by atoms with van der Waals surface area (Å²) >= 11 is 13.7. The van der Waals surface area contributed by atoms with Crippen molar-refractivity contribution < 1.29 is 8.42 Å². The molecule has 0 saturated carbocycles. The van der Waals surface area contributed by atoms with Gasteiger partial charge in [0.15, 0.2) is 15.0 Å². The lowest BCUT2D eigenvalue weighted by Crippen LogP contribution is -2.39. The molecule has 0 radical (unpaired) electrons. The van der Waals surface area contributed by atoms with Crippen molar-refractivity contribution in [1.82, 2.24) is 4.98 Å². The Morgan fingerprint density at radius 1 is 1.03 bits per heavy atom. The third kappa shape index (κ3) is 5.56. The van der Waals surface area contributed by atoms with Crippen LogP contribution in [0, 0.1) is 0 Å². The van der Waals surface area contributed by atoms with Gasteiger partial charge in [0.25, 0.3) is 0 Å². The van der Waals surface area contributed by atoms with Gasteiger partial charge in [-0.05, 0) is 53.6 Å². The Morgan fingerprint density at radius 2 is 1.70 bits per heavy atom. The summed E-state index contributed by atoms with van der Waals surface area (Å²) in [6, 6.07) is 13.0. The van der Waals surface area contributed by atoms with Crippen LogP contribution in [-0.4, -0.2) is 31.7 Å². The van der Waals surface area contributed by atoms with E-state index in [-0.39, 0.29) is 10.7 Å². The summed E-state index contributed by atoms with van der Waals surface area (Å²) in [4.78, 5) is 7.39. The summed E-state index contributed by atoms with van der Waals surface area (Å²) in [6.45, 7) is 7.75. The molecule has 1 aromatic heterocycles. The lowest BCUT2D eigenvalue weighted by atomic mass is 9.87. The van der Waals surface area contributed by atoms with Gasteiger partial charge in [0.1, 0.15) is 0 Å². The number of anilines is 1. The Balaban J connectivity index is 1.39. The van der Waals surface area contributed by atoms with Gasteiger partial charge in [-0.3, -0.25) is 0 Å². The van der Waals surface area contributed by atoms with Gasteiger partial charge < -0.3 is 4.90 Å². The van der Waals surface area contributed by atoms with Crippen molar-refractivity contribution in [3.8, 4) is 0 Å². The van der Waals surface area contributed by atoms with Crippen LogP contribution < -0.4 is 4.90 Å². The minimum atomic E-state index is -3.34. The van der Waals surface area contributed by atoms with Crippen LogP contribution in [0.2, 0.25) is 10.0 Å². The van der Waals surface area contributed by atoms with Crippen LogP contribution in [-0.2, 0) is 21.7 Å². The first-order valence-corrected chi connectivity index (χ1v) is 14.2. The quantitative estimate of drug-likeness (QED) is 0.370. The summed E-state index contributed by atoms with van der Waals surface area (Å²) in [5, 5.41) is 3.72. The standard InChI is InChI=1S/C25H28Cl2N2O2S2/c1-25(2,3)18-5-7-20(8-6-18)33(30,31)21-10-12-29(13-11-21)24-28-19(16-32-24)14-17-4-9-22(26)23(27)15-17/h4-9,15-16,21H,10-14H2,1-3H3. The first-order valence-electron chi connectivity index (χ1n) is 11.0. The highest BCUT2D eigenvalue weighted by molar-refractivity contribution is 7.92. The van der Waals surface area contributed by atoms with E-state index in [1.807, 2.05) is 24.3 Å². The third-order valence-electron chi connectivity index (χ3n) is 6.11. The predicted molar refractivity (Wildman–Crippen MR) is 139 cm³/mol. The van der Waals surface area contributed by atoms with Crippen molar-refractivity contribution in [2.24, 2.45) is 0 Å². The van der Waals surface area contributed by atoms with E-state index >= 15 is 0 Å². The van der Waals surface area contributed by atoms with Gasteiger partial charge in [-0.2, -0.15) is 0 Å². The van der Waals surface area contributed by atoms with Crippen LogP contribution in [0.25, 0.3) is 0 Å². The van der Waals surface area contributed by atoms with Gasteiger partial charge in [0.05, 0.1) is 25.9 Å². The number of piperidine rings is 1. The number of rotatable bonds is 5. The SMILES string of the molecule is CC(C)(C)c1ccc(S(=O)(=O)C2CCN(c3nc(Cc4ccc(Cl)c(Cl)c4)cs3)CC2)cc1. The molecule has 0 aliphatic carbocycles. The van der Waals surface area contributed by atoms with Crippen LogP contribution in [0.4, 0.5) is 5.13 Å². The minimum Gasteiger partial charge on any atom is -0.348 e. The van der Waals surface area contributed by atoms with E-state index in [0.717, 1.165) is 22.0 Å². The Labute approximate surface area is 210 Å². The van der Waals surface area contributed by atoms with Gasteiger partial charge in [0.2, 0.25) is 0 Å². The van der Waals surface area contributed by atoms with E-state index < -0.39 is 9.84 Å². The van der Waals surface area contributed by atoms with Crippen molar-refractivity contribution in [1.29, 1.82) is 0 Å². The molecule has 0 unspecified atom stereocenters. The van der Waals surface area contributed by atoms with Crippen LogP contribution in [0.15, 0.2) is 52.7 Å². The molecular weight excluding hydrogens is 495 g/mol. The molecule has 1 saturated heterocycles. The largest absolute Gasteiger partial charge is 0.348 e. The van der Waals surface area contributed by atoms with E-state index in [2.05, 4.69) is 31.1 Å². The number of sulfone groups is 1. The molecule has 1 aliphatic heterocycles. The topological polar surface area (TPSA) is 50.3 Å². The maximum atomic E-state index is 13.2. The zero-order valence-corrected chi connectivity index (χ0v) is 22.2. The summed E-state index contributed by atoms with van der Waals surface area (Å²) in [5.41, 5.74) is 3.17. The van der Waals surface area contributed by atoms with Crippen molar-refractivity contribution in [2.45, 2.75) is 55.6 Å². The first-order chi connectivity index (χ1) is 15.5. The minimum absolute atomic E-state index is 0.0000130. The number of hydrogen-bond acceptors (Lipinski definition) is 5. The fourth-order valence-electron chi connectivity index (χ4n) is 4.08. The van der Waals surface area contributed by atoms with Crippen LogP contribution in [0.5, 0.6) is 0 Å². The predicted octanol–water partition coefficient (Wildman–Crippen LogP) is 6.78. The molecule has 176 valence electrons. The molecule has 4 rings (SSSR count). The van der Waals surface area contributed by atoms with Gasteiger partial charge in [0, 0.05) is 24.9 Å². The molecule has 2 heterocycles. The number of aromatic nitrogens is 1.